The van der Waals surface area contributed by atoms with Gasteiger partial charge < -0.3 is 14.5 Å². The van der Waals surface area contributed by atoms with E-state index >= 15 is 0 Å². The number of nitrogens with zero attached hydrogens (tertiary/aromatic N) is 3. The summed E-state index contributed by atoms with van der Waals surface area (Å²) in [5.74, 6) is -0.0168. The highest BCUT2D eigenvalue weighted by Gasteiger charge is 2.29. The first-order valence-electron chi connectivity index (χ1n) is 8.73. The highest BCUT2D eigenvalue weighted by atomic mass is 16.5. The summed E-state index contributed by atoms with van der Waals surface area (Å²) >= 11 is 0. The number of hydrogen-bond acceptors (Lipinski definition) is 5. The number of carbonyl (C=O) groups is 2. The monoisotopic (exact) mass is 339 g/mol. The number of fused-ring (bicyclic) bond motifs is 1. The Morgan fingerprint density at radius 2 is 1.96 bits per heavy atom. The van der Waals surface area contributed by atoms with Crippen LogP contribution in [0.1, 0.15) is 12.8 Å². The summed E-state index contributed by atoms with van der Waals surface area (Å²) in [4.78, 5) is 32.2. The molecule has 0 spiro atoms. The van der Waals surface area contributed by atoms with Crippen LogP contribution in [0.4, 0.5) is 5.69 Å². The zero-order valence-corrected chi connectivity index (χ0v) is 14.1. The van der Waals surface area contributed by atoms with Gasteiger partial charge in [0.2, 0.25) is 5.91 Å². The Labute approximate surface area is 146 Å². The second-order valence-electron chi connectivity index (χ2n) is 6.67. The molecule has 2 fully saturated rings. The molecule has 0 bridgehead atoms. The van der Waals surface area contributed by atoms with E-state index < -0.39 is 0 Å². The summed E-state index contributed by atoms with van der Waals surface area (Å²) < 4.78 is 4.95. The largest absolute Gasteiger partial charge is 0.465 e. The van der Waals surface area contributed by atoms with Crippen LogP contribution in [0.2, 0.25) is 0 Å². The van der Waals surface area contributed by atoms with Crippen molar-refractivity contribution in [2.24, 2.45) is 5.92 Å². The van der Waals surface area contributed by atoms with Crippen molar-refractivity contribution in [1.29, 1.82) is 0 Å². The molecular formula is C19H21N3O3. The third-order valence-corrected chi connectivity index (χ3v) is 5.00. The van der Waals surface area contributed by atoms with Crippen molar-refractivity contribution in [3.63, 3.8) is 0 Å². The Morgan fingerprint density at radius 1 is 1.16 bits per heavy atom. The van der Waals surface area contributed by atoms with Crippen LogP contribution in [0, 0.1) is 5.92 Å². The Kier molecular flexibility index (Phi) is 4.26. The quantitative estimate of drug-likeness (QED) is 0.799. The number of rotatable bonds is 3. The number of carbonyl (C=O) groups excluding carboxylic acids is 2. The summed E-state index contributed by atoms with van der Waals surface area (Å²) in [5.41, 5.74) is 2.16. The van der Waals surface area contributed by atoms with Crippen molar-refractivity contribution in [3.8, 4) is 0 Å². The molecule has 0 saturated carbocycles. The maximum Gasteiger partial charge on any atom is 0.306 e. The number of ether oxygens (including phenoxy) is 1. The lowest BCUT2D eigenvalue weighted by molar-refractivity contribution is -0.138. The van der Waals surface area contributed by atoms with Crippen molar-refractivity contribution in [1.82, 2.24) is 9.88 Å². The SMILES string of the molecule is O=C1C[C@@H](CC(=O)N2CCN(c3ccnc4ccccc34)CC2)CO1. The first kappa shape index (κ1) is 15.9. The molecule has 2 aliphatic rings. The summed E-state index contributed by atoms with van der Waals surface area (Å²) in [6.45, 7) is 3.40. The van der Waals surface area contributed by atoms with Crippen molar-refractivity contribution in [2.45, 2.75) is 12.8 Å². The van der Waals surface area contributed by atoms with Crippen LogP contribution in [-0.2, 0) is 14.3 Å². The van der Waals surface area contributed by atoms with Crippen LogP contribution in [-0.4, -0.2) is 54.5 Å². The second-order valence-corrected chi connectivity index (χ2v) is 6.67. The highest BCUT2D eigenvalue weighted by Crippen LogP contribution is 2.26. The molecule has 2 saturated heterocycles. The molecule has 2 aromatic rings. The molecule has 3 heterocycles. The van der Waals surface area contributed by atoms with E-state index in [1.807, 2.05) is 35.4 Å². The molecule has 6 nitrogen and oxygen atoms in total. The first-order chi connectivity index (χ1) is 12.2. The van der Waals surface area contributed by atoms with Crippen LogP contribution in [0.15, 0.2) is 36.5 Å². The fraction of sp³-hybridized carbons (Fsp3) is 0.421. The van der Waals surface area contributed by atoms with Gasteiger partial charge in [0.15, 0.2) is 0 Å². The number of hydrogen-bond donors (Lipinski definition) is 0. The van der Waals surface area contributed by atoms with Gasteiger partial charge in [-0.15, -0.1) is 0 Å². The summed E-state index contributed by atoms with van der Waals surface area (Å²) in [5, 5.41) is 1.14. The van der Waals surface area contributed by atoms with Crippen molar-refractivity contribution < 1.29 is 14.3 Å². The molecule has 1 atom stereocenters. The lowest BCUT2D eigenvalue weighted by Crippen LogP contribution is -2.49. The van der Waals surface area contributed by atoms with E-state index in [9.17, 15) is 9.59 Å². The van der Waals surface area contributed by atoms with Gasteiger partial charge in [0.1, 0.15) is 0 Å². The van der Waals surface area contributed by atoms with E-state index in [0.29, 0.717) is 32.5 Å². The fourth-order valence-electron chi connectivity index (χ4n) is 3.62. The van der Waals surface area contributed by atoms with Gasteiger partial charge in [-0.05, 0) is 12.1 Å². The van der Waals surface area contributed by atoms with Gasteiger partial charge >= 0.3 is 5.97 Å². The third-order valence-electron chi connectivity index (χ3n) is 5.00. The van der Waals surface area contributed by atoms with E-state index in [1.54, 1.807) is 0 Å². The lowest BCUT2D eigenvalue weighted by Gasteiger charge is -2.36. The van der Waals surface area contributed by atoms with E-state index in [2.05, 4.69) is 16.0 Å². The zero-order chi connectivity index (χ0) is 17.2. The number of para-hydroxylation sites is 1. The molecule has 0 radical (unpaired) electrons. The minimum Gasteiger partial charge on any atom is -0.465 e. The van der Waals surface area contributed by atoms with Gasteiger partial charge in [-0.25, -0.2) is 0 Å². The minimum absolute atomic E-state index is 0.0437. The summed E-state index contributed by atoms with van der Waals surface area (Å²) in [6, 6.07) is 10.2. The number of pyridine rings is 1. The van der Waals surface area contributed by atoms with Crippen molar-refractivity contribution >= 4 is 28.5 Å². The normalized spacial score (nSPS) is 20.8. The van der Waals surface area contributed by atoms with E-state index in [1.165, 1.54) is 5.69 Å². The second kappa shape index (κ2) is 6.70. The maximum absolute atomic E-state index is 12.4. The predicted octanol–water partition coefficient (Wildman–Crippen LogP) is 1.84. The van der Waals surface area contributed by atoms with Gasteiger partial charge in [0, 0.05) is 55.8 Å². The molecule has 0 N–H and O–H groups in total. The van der Waals surface area contributed by atoms with E-state index in [0.717, 1.165) is 24.0 Å². The summed E-state index contributed by atoms with van der Waals surface area (Å²) in [6.07, 6.45) is 2.62. The van der Waals surface area contributed by atoms with Crippen LogP contribution < -0.4 is 4.90 Å². The smallest absolute Gasteiger partial charge is 0.306 e. The molecule has 25 heavy (non-hydrogen) atoms. The zero-order valence-electron chi connectivity index (χ0n) is 14.1. The standard InChI is InChI=1S/C19H21N3O3/c23-18(11-14-12-19(24)25-13-14)22-9-7-21(8-10-22)17-5-6-20-16-4-2-1-3-15(16)17/h1-6,14H,7-13H2/t14-/m1/s1. The molecule has 6 heteroatoms. The molecule has 2 aliphatic heterocycles. The van der Waals surface area contributed by atoms with Crippen molar-refractivity contribution in [2.75, 3.05) is 37.7 Å². The van der Waals surface area contributed by atoms with Crippen LogP contribution in [0.3, 0.4) is 0 Å². The molecule has 0 aliphatic carbocycles. The van der Waals surface area contributed by atoms with Gasteiger partial charge in [-0.2, -0.15) is 0 Å². The minimum atomic E-state index is -0.188. The highest BCUT2D eigenvalue weighted by molar-refractivity contribution is 5.91. The number of anilines is 1. The van der Waals surface area contributed by atoms with Gasteiger partial charge in [-0.3, -0.25) is 14.6 Å². The Balaban J connectivity index is 1.39. The average molecular weight is 339 g/mol. The van der Waals surface area contributed by atoms with Gasteiger partial charge in [-0.1, -0.05) is 18.2 Å². The lowest BCUT2D eigenvalue weighted by atomic mass is 10.0. The van der Waals surface area contributed by atoms with Crippen LogP contribution in [0.25, 0.3) is 10.9 Å². The predicted molar refractivity (Wildman–Crippen MR) is 94.2 cm³/mol. The Bertz CT molecular complexity index is 794. The van der Waals surface area contributed by atoms with Gasteiger partial charge in [0.05, 0.1) is 18.5 Å². The molecule has 1 aromatic heterocycles. The maximum atomic E-state index is 12.4. The molecule has 1 amide bonds. The summed E-state index contributed by atoms with van der Waals surface area (Å²) in [7, 11) is 0. The number of cyclic esters (lactones) is 1. The molecule has 0 unspecified atom stereocenters. The third kappa shape index (κ3) is 3.29. The number of aromatic nitrogens is 1. The number of benzene rings is 1. The average Bonchev–Trinajstić information content (AvgIpc) is 3.06. The number of amides is 1. The van der Waals surface area contributed by atoms with E-state index in [-0.39, 0.29) is 17.8 Å². The molecule has 4 rings (SSSR count). The molecule has 130 valence electrons. The van der Waals surface area contributed by atoms with Crippen LogP contribution in [0.5, 0.6) is 0 Å². The topological polar surface area (TPSA) is 62.7 Å². The van der Waals surface area contributed by atoms with Crippen molar-refractivity contribution in [3.05, 3.63) is 36.5 Å². The molecular weight excluding hydrogens is 318 g/mol. The number of piperazine rings is 1. The fourth-order valence-corrected chi connectivity index (χ4v) is 3.62. The van der Waals surface area contributed by atoms with E-state index in [4.69, 9.17) is 4.74 Å². The number of esters is 1. The molecule has 1 aromatic carbocycles. The van der Waals surface area contributed by atoms with Gasteiger partial charge in [0.25, 0.3) is 0 Å². The van der Waals surface area contributed by atoms with Crippen LogP contribution >= 0.6 is 0 Å². The Hall–Kier alpha value is -2.63. The first-order valence-corrected chi connectivity index (χ1v) is 8.73. The Morgan fingerprint density at radius 3 is 2.72 bits per heavy atom.